The molecule has 3 aromatic carbocycles. The molecule has 31 heavy (non-hydrogen) atoms. The number of nitrogens with one attached hydrogen (secondary N) is 2. The topological polar surface area (TPSA) is 54.1 Å². The second-order valence-electron chi connectivity index (χ2n) is 7.46. The van der Waals surface area contributed by atoms with Crippen LogP contribution in [0.4, 0.5) is 0 Å². The molecule has 0 bridgehead atoms. The Morgan fingerprint density at radius 1 is 0.935 bits per heavy atom. The lowest BCUT2D eigenvalue weighted by Crippen LogP contribution is -2.42. The minimum absolute atomic E-state index is 0.145. The van der Waals surface area contributed by atoms with Crippen LogP contribution >= 0.6 is 0 Å². The summed E-state index contributed by atoms with van der Waals surface area (Å²) in [5.74, 6) is -0.290. The Hall–Kier alpha value is -3.63. The van der Waals surface area contributed by atoms with Crippen LogP contribution in [0.25, 0.3) is 10.9 Å². The third-order valence-electron chi connectivity index (χ3n) is 5.36. The van der Waals surface area contributed by atoms with Gasteiger partial charge in [0, 0.05) is 23.5 Å². The smallest absolute Gasteiger partial charge is 0.323 e. The van der Waals surface area contributed by atoms with E-state index in [9.17, 15) is 4.79 Å². The van der Waals surface area contributed by atoms with Gasteiger partial charge in [-0.3, -0.25) is 10.1 Å². The van der Waals surface area contributed by atoms with Gasteiger partial charge >= 0.3 is 5.97 Å². The molecule has 0 spiro atoms. The van der Waals surface area contributed by atoms with E-state index < -0.39 is 6.04 Å². The molecule has 1 aromatic heterocycles. The van der Waals surface area contributed by atoms with E-state index in [-0.39, 0.29) is 18.6 Å². The molecule has 1 atom stereocenters. The highest BCUT2D eigenvalue weighted by molar-refractivity contribution is 5.84. The van der Waals surface area contributed by atoms with Gasteiger partial charge in [-0.2, -0.15) is 0 Å². The number of aromatic amines is 1. The Morgan fingerprint density at radius 3 is 2.19 bits per heavy atom. The minimum atomic E-state index is -0.524. The summed E-state index contributed by atoms with van der Waals surface area (Å²) in [5.41, 5.74) is 4.31. The Labute approximate surface area is 182 Å². The van der Waals surface area contributed by atoms with Gasteiger partial charge in [-0.25, -0.2) is 0 Å². The van der Waals surface area contributed by atoms with Crippen LogP contribution in [0.5, 0.6) is 0 Å². The van der Waals surface area contributed by atoms with E-state index in [4.69, 9.17) is 4.74 Å². The number of hydrogen-bond donors (Lipinski definition) is 2. The van der Waals surface area contributed by atoms with Crippen molar-refractivity contribution in [3.05, 3.63) is 120 Å². The van der Waals surface area contributed by atoms with E-state index in [1.807, 2.05) is 60.8 Å². The van der Waals surface area contributed by atoms with Crippen LogP contribution < -0.4 is 5.32 Å². The van der Waals surface area contributed by atoms with Crippen molar-refractivity contribution in [1.82, 2.24) is 10.3 Å². The van der Waals surface area contributed by atoms with Crippen LogP contribution in [0.15, 0.2) is 104 Å². The number of H-pyrrole nitrogens is 1. The molecule has 0 aliphatic rings. The zero-order valence-corrected chi connectivity index (χ0v) is 17.3. The number of fused-ring (bicyclic) bond motifs is 1. The Bertz CT molecular complexity index is 1100. The lowest BCUT2D eigenvalue weighted by atomic mass is 9.96. The lowest BCUT2D eigenvalue weighted by molar-refractivity contribution is -0.145. The first-order valence-corrected chi connectivity index (χ1v) is 10.4. The zero-order chi connectivity index (χ0) is 21.5. The maximum atomic E-state index is 13.0. The fraction of sp³-hybridized carbons (Fsp3) is 0.148. The summed E-state index contributed by atoms with van der Waals surface area (Å²) in [6.45, 7) is 3.85. The molecular formula is C27H26N2O2. The molecule has 0 amide bonds. The highest BCUT2D eigenvalue weighted by Crippen LogP contribution is 2.25. The van der Waals surface area contributed by atoms with Gasteiger partial charge in [-0.1, -0.05) is 91.5 Å². The van der Waals surface area contributed by atoms with Gasteiger partial charge in [0.2, 0.25) is 0 Å². The number of esters is 1. The number of carbonyl (C=O) groups is 1. The van der Waals surface area contributed by atoms with Crippen molar-refractivity contribution in [3.8, 4) is 0 Å². The molecule has 2 N–H and O–H groups in total. The Morgan fingerprint density at radius 2 is 1.55 bits per heavy atom. The van der Waals surface area contributed by atoms with Crippen LogP contribution in [-0.4, -0.2) is 23.6 Å². The quantitative estimate of drug-likeness (QED) is 0.295. The lowest BCUT2D eigenvalue weighted by Gasteiger charge is -2.25. The monoisotopic (exact) mass is 410 g/mol. The second kappa shape index (κ2) is 9.92. The third kappa shape index (κ3) is 4.93. The van der Waals surface area contributed by atoms with Crippen LogP contribution in [0.1, 0.15) is 22.7 Å². The first-order valence-electron chi connectivity index (χ1n) is 10.4. The van der Waals surface area contributed by atoms with Crippen LogP contribution in [0, 0.1) is 0 Å². The van der Waals surface area contributed by atoms with Crippen LogP contribution in [0.3, 0.4) is 0 Å². The fourth-order valence-electron chi connectivity index (χ4n) is 3.85. The molecular weight excluding hydrogens is 384 g/mol. The predicted octanol–water partition coefficient (Wildman–Crippen LogP) is 5.19. The molecule has 0 aliphatic heterocycles. The number of aromatic nitrogens is 1. The molecule has 0 saturated heterocycles. The maximum Gasteiger partial charge on any atom is 0.323 e. The summed E-state index contributed by atoms with van der Waals surface area (Å²) in [5, 5.41) is 4.69. The standard InChI is InChI=1S/C27H26N2O2/c1-2-17-31-27(30)25(18-22-19-28-24-16-10-9-15-23(22)24)29-26(20-11-5-3-6-12-20)21-13-7-4-8-14-21/h2-16,19,25-26,28-29H,1,17-18H2/t25-/m0/s1. The van der Waals surface area contributed by atoms with Crippen molar-refractivity contribution in [1.29, 1.82) is 0 Å². The molecule has 4 aromatic rings. The number of ether oxygens (including phenoxy) is 1. The average molecular weight is 411 g/mol. The van der Waals surface area contributed by atoms with Gasteiger partial charge in [-0.05, 0) is 22.8 Å². The first-order chi connectivity index (χ1) is 15.3. The molecule has 4 rings (SSSR count). The fourth-order valence-corrected chi connectivity index (χ4v) is 3.85. The molecule has 0 aliphatic carbocycles. The number of rotatable bonds is 9. The van der Waals surface area contributed by atoms with Crippen molar-refractivity contribution in [2.24, 2.45) is 0 Å². The summed E-state index contributed by atoms with van der Waals surface area (Å²) in [7, 11) is 0. The van der Waals surface area contributed by atoms with Crippen molar-refractivity contribution in [2.45, 2.75) is 18.5 Å². The molecule has 156 valence electrons. The number of hydrogen-bond acceptors (Lipinski definition) is 3. The van der Waals surface area contributed by atoms with Crippen LogP contribution in [-0.2, 0) is 16.0 Å². The van der Waals surface area contributed by atoms with Crippen molar-refractivity contribution in [2.75, 3.05) is 6.61 Å². The number of para-hydroxylation sites is 1. The normalized spacial score (nSPS) is 12.0. The molecule has 1 heterocycles. The number of benzene rings is 3. The first kappa shape index (κ1) is 20.6. The summed E-state index contributed by atoms with van der Waals surface area (Å²) < 4.78 is 5.46. The second-order valence-corrected chi connectivity index (χ2v) is 7.46. The molecule has 0 unspecified atom stereocenters. The molecule has 0 radical (unpaired) electrons. The van der Waals surface area contributed by atoms with Crippen molar-refractivity contribution < 1.29 is 9.53 Å². The third-order valence-corrected chi connectivity index (χ3v) is 5.36. The van der Waals surface area contributed by atoms with E-state index in [2.05, 4.69) is 47.2 Å². The molecule has 0 fully saturated rings. The zero-order valence-electron chi connectivity index (χ0n) is 17.3. The largest absolute Gasteiger partial charge is 0.460 e. The van der Waals surface area contributed by atoms with E-state index in [0.29, 0.717) is 6.42 Å². The van der Waals surface area contributed by atoms with Gasteiger partial charge in [0.1, 0.15) is 12.6 Å². The minimum Gasteiger partial charge on any atom is -0.460 e. The van der Waals surface area contributed by atoms with Crippen molar-refractivity contribution >= 4 is 16.9 Å². The van der Waals surface area contributed by atoms with E-state index in [0.717, 1.165) is 27.6 Å². The summed E-state index contributed by atoms with van der Waals surface area (Å²) in [4.78, 5) is 16.3. The van der Waals surface area contributed by atoms with Gasteiger partial charge < -0.3 is 9.72 Å². The maximum absolute atomic E-state index is 13.0. The highest BCUT2D eigenvalue weighted by Gasteiger charge is 2.26. The molecule has 0 saturated carbocycles. The van der Waals surface area contributed by atoms with Gasteiger partial charge in [0.05, 0.1) is 6.04 Å². The van der Waals surface area contributed by atoms with Gasteiger partial charge in [0.25, 0.3) is 0 Å². The highest BCUT2D eigenvalue weighted by atomic mass is 16.5. The summed E-state index contributed by atoms with van der Waals surface area (Å²) in [6.07, 6.45) is 4.07. The SMILES string of the molecule is C=CCOC(=O)[C@H](Cc1c[nH]c2ccccc12)NC(c1ccccc1)c1ccccc1. The number of carbonyl (C=O) groups excluding carboxylic acids is 1. The summed E-state index contributed by atoms with van der Waals surface area (Å²) in [6, 6.07) is 27.8. The summed E-state index contributed by atoms with van der Waals surface area (Å²) >= 11 is 0. The molecule has 4 nitrogen and oxygen atoms in total. The Balaban J connectivity index is 1.67. The Kier molecular flexibility index (Phi) is 6.60. The van der Waals surface area contributed by atoms with Gasteiger partial charge in [0.15, 0.2) is 0 Å². The van der Waals surface area contributed by atoms with E-state index in [1.54, 1.807) is 6.08 Å². The van der Waals surface area contributed by atoms with E-state index in [1.165, 1.54) is 0 Å². The van der Waals surface area contributed by atoms with Crippen molar-refractivity contribution in [3.63, 3.8) is 0 Å². The predicted molar refractivity (Wildman–Crippen MR) is 125 cm³/mol. The van der Waals surface area contributed by atoms with E-state index >= 15 is 0 Å². The molecule has 4 heteroatoms. The average Bonchev–Trinajstić information content (AvgIpc) is 3.24. The van der Waals surface area contributed by atoms with Crippen LogP contribution in [0.2, 0.25) is 0 Å². The van der Waals surface area contributed by atoms with Gasteiger partial charge in [-0.15, -0.1) is 0 Å².